The highest BCUT2D eigenvalue weighted by Gasteiger charge is 2.14. The number of morpholine rings is 1. The molecule has 0 unspecified atom stereocenters. The third kappa shape index (κ3) is 4.90. The van der Waals surface area contributed by atoms with Crippen molar-refractivity contribution in [1.29, 1.82) is 0 Å². The summed E-state index contributed by atoms with van der Waals surface area (Å²) in [5.41, 5.74) is 2.15. The minimum atomic E-state index is -0.928. The Labute approximate surface area is 151 Å². The molecule has 8 heteroatoms. The van der Waals surface area contributed by atoms with E-state index in [0.717, 1.165) is 38.4 Å². The summed E-state index contributed by atoms with van der Waals surface area (Å²) in [5, 5.41) is 15.7. The molecule has 1 aromatic heterocycles. The lowest BCUT2D eigenvalue weighted by atomic mass is 10.1. The molecule has 0 radical (unpaired) electrons. The normalized spacial score (nSPS) is 14.9. The maximum atomic E-state index is 12.5. The van der Waals surface area contributed by atoms with Crippen LogP contribution in [0.25, 0.3) is 0 Å². The van der Waals surface area contributed by atoms with Crippen LogP contribution in [0.3, 0.4) is 0 Å². The monoisotopic (exact) mass is 358 g/mol. The summed E-state index contributed by atoms with van der Waals surface area (Å²) in [4.78, 5) is 25.5. The lowest BCUT2D eigenvalue weighted by Crippen LogP contribution is -2.35. The number of nitrogens with zero attached hydrogens (tertiary/aromatic N) is 3. The molecule has 0 spiro atoms. The van der Waals surface area contributed by atoms with Gasteiger partial charge in [0.15, 0.2) is 0 Å². The van der Waals surface area contributed by atoms with E-state index < -0.39 is 5.97 Å². The number of carbonyl (C=O) groups excluding carboxylic acids is 1. The average Bonchev–Trinajstić information content (AvgIpc) is 3.10. The van der Waals surface area contributed by atoms with Crippen LogP contribution < -0.4 is 5.32 Å². The second-order valence-corrected chi connectivity index (χ2v) is 6.13. The molecule has 1 aliphatic rings. The predicted octanol–water partition coefficient (Wildman–Crippen LogP) is 1.44. The Bertz CT molecular complexity index is 768. The maximum absolute atomic E-state index is 12.5. The van der Waals surface area contributed by atoms with Gasteiger partial charge >= 0.3 is 5.97 Å². The van der Waals surface area contributed by atoms with E-state index in [0.29, 0.717) is 11.4 Å². The highest BCUT2D eigenvalue weighted by molar-refractivity contribution is 6.03. The number of ether oxygens (including phenoxy) is 1. The molecule has 0 saturated carbocycles. The summed E-state index contributed by atoms with van der Waals surface area (Å²) in [6.07, 6.45) is 1.41. The van der Waals surface area contributed by atoms with Crippen LogP contribution in [0.2, 0.25) is 0 Å². The number of amides is 1. The van der Waals surface area contributed by atoms with E-state index in [-0.39, 0.29) is 18.9 Å². The molecule has 0 aliphatic carbocycles. The van der Waals surface area contributed by atoms with Gasteiger partial charge in [0.25, 0.3) is 5.91 Å². The van der Waals surface area contributed by atoms with Crippen molar-refractivity contribution in [3.8, 4) is 0 Å². The Morgan fingerprint density at radius 3 is 2.81 bits per heavy atom. The molecular weight excluding hydrogens is 336 g/mol. The van der Waals surface area contributed by atoms with Gasteiger partial charge in [-0.2, -0.15) is 5.10 Å². The van der Waals surface area contributed by atoms with Crippen LogP contribution in [0.5, 0.6) is 0 Å². The number of aliphatic carboxylic acids is 1. The van der Waals surface area contributed by atoms with Gasteiger partial charge in [-0.1, -0.05) is 12.1 Å². The van der Waals surface area contributed by atoms with Crippen LogP contribution >= 0.6 is 0 Å². The minimum Gasteiger partial charge on any atom is -0.481 e. The number of carbonyl (C=O) groups is 2. The number of aromatic nitrogens is 2. The molecule has 2 aromatic rings. The number of rotatable bonds is 7. The summed E-state index contributed by atoms with van der Waals surface area (Å²) < 4.78 is 6.76. The van der Waals surface area contributed by atoms with Crippen LogP contribution in [0.1, 0.15) is 22.5 Å². The molecule has 1 amide bonds. The van der Waals surface area contributed by atoms with Gasteiger partial charge in [0, 0.05) is 31.5 Å². The van der Waals surface area contributed by atoms with Crippen LogP contribution in [0.15, 0.2) is 36.5 Å². The van der Waals surface area contributed by atoms with Crippen LogP contribution in [0.4, 0.5) is 5.69 Å². The molecule has 1 aliphatic heterocycles. The summed E-state index contributed by atoms with van der Waals surface area (Å²) in [6, 6.07) is 9.30. The summed E-state index contributed by atoms with van der Waals surface area (Å²) in [7, 11) is 0. The van der Waals surface area contributed by atoms with Gasteiger partial charge in [-0.15, -0.1) is 0 Å². The first kappa shape index (κ1) is 18.1. The van der Waals surface area contributed by atoms with Crippen molar-refractivity contribution in [2.24, 2.45) is 0 Å². The highest BCUT2D eigenvalue weighted by Crippen LogP contribution is 2.15. The first-order valence-corrected chi connectivity index (χ1v) is 8.56. The third-order valence-corrected chi connectivity index (χ3v) is 4.18. The topological polar surface area (TPSA) is 96.7 Å². The number of hydrogen-bond donors (Lipinski definition) is 2. The molecule has 2 heterocycles. The van der Waals surface area contributed by atoms with E-state index in [1.54, 1.807) is 6.07 Å². The minimum absolute atomic E-state index is 0.0863. The van der Waals surface area contributed by atoms with Gasteiger partial charge in [-0.25, -0.2) is 0 Å². The maximum Gasteiger partial charge on any atom is 0.305 e. The van der Waals surface area contributed by atoms with Crippen LogP contribution in [-0.4, -0.2) is 58.0 Å². The van der Waals surface area contributed by atoms with E-state index in [1.807, 2.05) is 24.3 Å². The van der Waals surface area contributed by atoms with Crippen molar-refractivity contribution in [2.45, 2.75) is 19.5 Å². The van der Waals surface area contributed by atoms with Crippen molar-refractivity contribution < 1.29 is 19.4 Å². The number of nitrogens with one attached hydrogen (secondary N) is 1. The molecule has 0 atom stereocenters. The molecule has 3 rings (SSSR count). The molecule has 1 saturated heterocycles. The van der Waals surface area contributed by atoms with E-state index >= 15 is 0 Å². The van der Waals surface area contributed by atoms with Crippen molar-refractivity contribution in [2.75, 3.05) is 31.6 Å². The number of hydrogen-bond acceptors (Lipinski definition) is 5. The lowest BCUT2D eigenvalue weighted by molar-refractivity contribution is -0.137. The van der Waals surface area contributed by atoms with Crippen molar-refractivity contribution in [1.82, 2.24) is 14.7 Å². The van der Waals surface area contributed by atoms with Crippen molar-refractivity contribution >= 4 is 17.6 Å². The van der Waals surface area contributed by atoms with Gasteiger partial charge in [-0.05, 0) is 23.8 Å². The Hall–Kier alpha value is -2.71. The lowest BCUT2D eigenvalue weighted by Gasteiger charge is -2.26. The van der Waals surface area contributed by atoms with Gasteiger partial charge in [0.05, 0.1) is 26.2 Å². The van der Waals surface area contributed by atoms with Crippen molar-refractivity contribution in [3.63, 3.8) is 0 Å². The molecule has 26 heavy (non-hydrogen) atoms. The molecule has 8 nitrogen and oxygen atoms in total. The van der Waals surface area contributed by atoms with Gasteiger partial charge < -0.3 is 15.2 Å². The largest absolute Gasteiger partial charge is 0.481 e. The Morgan fingerprint density at radius 2 is 2.04 bits per heavy atom. The van der Waals surface area contributed by atoms with Gasteiger partial charge in [-0.3, -0.25) is 19.2 Å². The van der Waals surface area contributed by atoms with Crippen molar-refractivity contribution in [3.05, 3.63) is 47.8 Å². The summed E-state index contributed by atoms with van der Waals surface area (Å²) in [6.45, 7) is 4.26. The van der Waals surface area contributed by atoms with Crippen LogP contribution in [-0.2, 0) is 22.6 Å². The first-order chi connectivity index (χ1) is 12.6. The van der Waals surface area contributed by atoms with E-state index in [9.17, 15) is 9.59 Å². The summed E-state index contributed by atoms with van der Waals surface area (Å²) in [5.74, 6) is -1.24. The molecular formula is C18H22N4O4. The first-order valence-electron chi connectivity index (χ1n) is 8.56. The fraction of sp³-hybridized carbons (Fsp3) is 0.389. The smallest absolute Gasteiger partial charge is 0.305 e. The second-order valence-electron chi connectivity index (χ2n) is 6.13. The number of anilines is 1. The molecule has 1 aromatic carbocycles. The van der Waals surface area contributed by atoms with Gasteiger partial charge in [0.2, 0.25) is 0 Å². The zero-order valence-corrected chi connectivity index (χ0v) is 14.4. The number of benzene rings is 1. The molecule has 2 N–H and O–H groups in total. The van der Waals surface area contributed by atoms with Gasteiger partial charge in [0.1, 0.15) is 5.69 Å². The zero-order valence-electron chi connectivity index (χ0n) is 14.4. The quantitative estimate of drug-likeness (QED) is 0.777. The number of carboxylic acids is 1. The Balaban J connectivity index is 1.63. The number of carboxylic acid groups (broad SMARTS) is 1. The third-order valence-electron chi connectivity index (χ3n) is 4.18. The summed E-state index contributed by atoms with van der Waals surface area (Å²) >= 11 is 0. The molecule has 138 valence electrons. The highest BCUT2D eigenvalue weighted by atomic mass is 16.5. The average molecular weight is 358 g/mol. The Morgan fingerprint density at radius 1 is 1.23 bits per heavy atom. The van der Waals surface area contributed by atoms with E-state index in [2.05, 4.69) is 15.3 Å². The second kappa shape index (κ2) is 8.59. The molecule has 0 bridgehead atoms. The molecule has 1 fully saturated rings. The standard InChI is InChI=1S/C18H22N4O4/c23-17(24)5-7-22-16(4-6-19-22)18(25)20-15-3-1-2-14(12-15)13-21-8-10-26-11-9-21/h1-4,6,12H,5,7-11,13H2,(H,20,25)(H,23,24). The zero-order chi connectivity index (χ0) is 18.4. The Kier molecular flexibility index (Phi) is 5.98. The predicted molar refractivity (Wildman–Crippen MR) is 95.0 cm³/mol. The van der Waals surface area contributed by atoms with E-state index in [4.69, 9.17) is 9.84 Å². The fourth-order valence-electron chi connectivity index (χ4n) is 2.87. The fourth-order valence-corrected chi connectivity index (χ4v) is 2.87. The van der Waals surface area contributed by atoms with E-state index in [1.165, 1.54) is 10.9 Å². The van der Waals surface area contributed by atoms with Crippen LogP contribution in [0, 0.1) is 0 Å². The number of aryl methyl sites for hydroxylation is 1. The SMILES string of the molecule is O=C(O)CCn1nccc1C(=O)Nc1cccc(CN2CCOCC2)c1.